The van der Waals surface area contributed by atoms with E-state index in [-0.39, 0.29) is 24.9 Å². The lowest BCUT2D eigenvalue weighted by atomic mass is 10.0. The fraction of sp³-hybridized carbons (Fsp3) is 0.308. The number of amides is 2. The number of para-hydroxylation sites is 1. The fourth-order valence-corrected chi connectivity index (χ4v) is 3.84. The van der Waals surface area contributed by atoms with E-state index in [1.807, 2.05) is 54.6 Å². The summed E-state index contributed by atoms with van der Waals surface area (Å²) >= 11 is 0. The van der Waals surface area contributed by atoms with E-state index < -0.39 is 6.04 Å². The van der Waals surface area contributed by atoms with Gasteiger partial charge in [-0.15, -0.1) is 5.10 Å². The summed E-state index contributed by atoms with van der Waals surface area (Å²) in [6.07, 6.45) is 2.41. The Hall–Kier alpha value is -3.94. The first-order valence-electron chi connectivity index (χ1n) is 11.5. The molecular weight excluding hydrogens is 430 g/mol. The first-order chi connectivity index (χ1) is 16.5. The highest BCUT2D eigenvalue weighted by molar-refractivity contribution is 5.89. The quantitative estimate of drug-likeness (QED) is 0.388. The van der Waals surface area contributed by atoms with Crippen LogP contribution in [0.3, 0.4) is 0 Å². The molecule has 0 aliphatic rings. The van der Waals surface area contributed by atoms with Crippen molar-refractivity contribution in [2.45, 2.75) is 39.4 Å². The number of nitrogens with one attached hydrogen (secondary N) is 1. The van der Waals surface area contributed by atoms with Gasteiger partial charge in [0.15, 0.2) is 0 Å². The zero-order valence-corrected chi connectivity index (χ0v) is 19.4. The molecule has 34 heavy (non-hydrogen) atoms. The van der Waals surface area contributed by atoms with Crippen LogP contribution in [0.1, 0.15) is 37.6 Å². The van der Waals surface area contributed by atoms with Crippen molar-refractivity contribution in [1.82, 2.24) is 25.2 Å². The Morgan fingerprint density at radius 1 is 1.03 bits per heavy atom. The standard InChI is InChI=1S/C26H29N5O3/c1-19(2)14-15-27-26(33)25(20-9-4-3-5-10-20)30(17-21-11-8-16-34-21)24(32)18-31-23-13-7-6-12-22(23)28-29-31/h3-13,16,19,25H,14-15,17-18H2,1-2H3,(H,27,33)/t25-/m0/s1. The summed E-state index contributed by atoms with van der Waals surface area (Å²) in [6.45, 7) is 4.85. The largest absolute Gasteiger partial charge is 0.467 e. The first kappa shape index (κ1) is 23.2. The SMILES string of the molecule is CC(C)CCNC(=O)[C@H](c1ccccc1)N(Cc1ccco1)C(=O)Cn1nnc2ccccc21. The Bertz CT molecular complexity index is 1220. The van der Waals surface area contributed by atoms with Gasteiger partial charge in [-0.1, -0.05) is 61.5 Å². The number of furan rings is 1. The lowest BCUT2D eigenvalue weighted by Gasteiger charge is -2.31. The number of hydrogen-bond donors (Lipinski definition) is 1. The molecule has 4 rings (SSSR count). The molecule has 0 unspecified atom stereocenters. The molecule has 1 N–H and O–H groups in total. The number of carbonyl (C=O) groups is 2. The van der Waals surface area contributed by atoms with Crippen LogP contribution in [0.25, 0.3) is 11.0 Å². The fourth-order valence-electron chi connectivity index (χ4n) is 3.84. The maximum atomic E-state index is 13.7. The van der Waals surface area contributed by atoms with Crippen molar-refractivity contribution in [3.63, 3.8) is 0 Å². The van der Waals surface area contributed by atoms with Crippen LogP contribution in [0.4, 0.5) is 0 Å². The zero-order chi connectivity index (χ0) is 23.9. The molecule has 1 atom stereocenters. The minimum Gasteiger partial charge on any atom is -0.467 e. The number of benzene rings is 2. The van der Waals surface area contributed by atoms with Crippen molar-refractivity contribution >= 4 is 22.8 Å². The van der Waals surface area contributed by atoms with Gasteiger partial charge in [-0.05, 0) is 42.2 Å². The lowest BCUT2D eigenvalue weighted by Crippen LogP contribution is -2.45. The maximum absolute atomic E-state index is 13.7. The summed E-state index contributed by atoms with van der Waals surface area (Å²) in [5, 5.41) is 11.3. The van der Waals surface area contributed by atoms with Gasteiger partial charge in [0.2, 0.25) is 11.8 Å². The number of nitrogens with zero attached hydrogens (tertiary/aromatic N) is 4. The van der Waals surface area contributed by atoms with E-state index >= 15 is 0 Å². The summed E-state index contributed by atoms with van der Waals surface area (Å²) in [5.41, 5.74) is 2.19. The molecule has 0 saturated carbocycles. The van der Waals surface area contributed by atoms with Crippen LogP contribution < -0.4 is 5.32 Å². The van der Waals surface area contributed by atoms with Crippen molar-refractivity contribution in [2.24, 2.45) is 5.92 Å². The van der Waals surface area contributed by atoms with E-state index in [4.69, 9.17) is 4.42 Å². The van der Waals surface area contributed by atoms with Gasteiger partial charge in [0.1, 0.15) is 23.9 Å². The van der Waals surface area contributed by atoms with E-state index in [0.29, 0.717) is 23.7 Å². The molecule has 2 amide bonds. The smallest absolute Gasteiger partial charge is 0.247 e. The van der Waals surface area contributed by atoms with E-state index in [1.54, 1.807) is 28.0 Å². The van der Waals surface area contributed by atoms with Crippen LogP contribution in [-0.2, 0) is 22.7 Å². The number of aromatic nitrogens is 3. The van der Waals surface area contributed by atoms with Gasteiger partial charge in [-0.25, -0.2) is 4.68 Å². The second kappa shape index (κ2) is 10.8. The maximum Gasteiger partial charge on any atom is 0.247 e. The third kappa shape index (κ3) is 5.51. The normalized spacial score (nSPS) is 12.1. The molecule has 2 aromatic heterocycles. The molecule has 2 heterocycles. The van der Waals surface area contributed by atoms with Crippen molar-refractivity contribution in [1.29, 1.82) is 0 Å². The summed E-state index contributed by atoms with van der Waals surface area (Å²) in [5.74, 6) is 0.555. The molecule has 0 spiro atoms. The third-order valence-electron chi connectivity index (χ3n) is 5.63. The Balaban J connectivity index is 1.66. The summed E-state index contributed by atoms with van der Waals surface area (Å²) in [7, 11) is 0. The molecule has 176 valence electrons. The highest BCUT2D eigenvalue weighted by atomic mass is 16.3. The predicted molar refractivity (Wildman–Crippen MR) is 128 cm³/mol. The zero-order valence-electron chi connectivity index (χ0n) is 19.4. The first-order valence-corrected chi connectivity index (χ1v) is 11.5. The second-order valence-corrected chi connectivity index (χ2v) is 8.62. The number of carbonyl (C=O) groups excluding carboxylic acids is 2. The molecule has 2 aromatic carbocycles. The summed E-state index contributed by atoms with van der Waals surface area (Å²) < 4.78 is 7.10. The number of rotatable bonds is 10. The molecule has 0 aliphatic carbocycles. The van der Waals surface area contributed by atoms with Crippen LogP contribution in [0.15, 0.2) is 77.4 Å². The highest BCUT2D eigenvalue weighted by Crippen LogP contribution is 2.25. The molecule has 0 radical (unpaired) electrons. The van der Waals surface area contributed by atoms with E-state index in [9.17, 15) is 9.59 Å². The molecule has 8 heteroatoms. The van der Waals surface area contributed by atoms with Crippen LogP contribution in [0.2, 0.25) is 0 Å². The lowest BCUT2D eigenvalue weighted by molar-refractivity contribution is -0.142. The monoisotopic (exact) mass is 459 g/mol. The molecule has 8 nitrogen and oxygen atoms in total. The van der Waals surface area contributed by atoms with Crippen LogP contribution >= 0.6 is 0 Å². The molecule has 0 fully saturated rings. The third-order valence-corrected chi connectivity index (χ3v) is 5.63. The van der Waals surface area contributed by atoms with Gasteiger partial charge in [-0.3, -0.25) is 9.59 Å². The molecule has 0 bridgehead atoms. The minimum absolute atomic E-state index is 0.0518. The Morgan fingerprint density at radius 2 is 1.79 bits per heavy atom. The predicted octanol–water partition coefficient (Wildman–Crippen LogP) is 3.96. The van der Waals surface area contributed by atoms with Gasteiger partial charge in [0.25, 0.3) is 0 Å². The van der Waals surface area contributed by atoms with Crippen molar-refractivity contribution in [2.75, 3.05) is 6.54 Å². The molecule has 4 aromatic rings. The number of fused-ring (bicyclic) bond motifs is 1. The van der Waals surface area contributed by atoms with Gasteiger partial charge < -0.3 is 14.6 Å². The van der Waals surface area contributed by atoms with Gasteiger partial charge >= 0.3 is 0 Å². The molecule has 0 aliphatic heterocycles. The number of hydrogen-bond acceptors (Lipinski definition) is 5. The average molecular weight is 460 g/mol. The van der Waals surface area contributed by atoms with Crippen molar-refractivity contribution < 1.29 is 14.0 Å². The topological polar surface area (TPSA) is 93.3 Å². The Morgan fingerprint density at radius 3 is 2.53 bits per heavy atom. The second-order valence-electron chi connectivity index (χ2n) is 8.62. The van der Waals surface area contributed by atoms with Gasteiger partial charge in [-0.2, -0.15) is 0 Å². The molecular formula is C26H29N5O3. The minimum atomic E-state index is -0.819. The van der Waals surface area contributed by atoms with E-state index in [0.717, 1.165) is 17.5 Å². The van der Waals surface area contributed by atoms with Gasteiger partial charge in [0, 0.05) is 6.54 Å². The Kier molecular flexibility index (Phi) is 7.37. The summed E-state index contributed by atoms with van der Waals surface area (Å²) in [4.78, 5) is 28.7. The van der Waals surface area contributed by atoms with Crippen LogP contribution in [0.5, 0.6) is 0 Å². The van der Waals surface area contributed by atoms with Gasteiger partial charge in [0.05, 0.1) is 18.3 Å². The molecule has 0 saturated heterocycles. The van der Waals surface area contributed by atoms with E-state index in [1.165, 1.54) is 0 Å². The average Bonchev–Trinajstić information content (AvgIpc) is 3.49. The Labute approximate surface area is 198 Å². The summed E-state index contributed by atoms with van der Waals surface area (Å²) in [6, 6.07) is 19.5. The van der Waals surface area contributed by atoms with E-state index in [2.05, 4.69) is 29.5 Å². The van der Waals surface area contributed by atoms with Crippen molar-refractivity contribution in [3.8, 4) is 0 Å². The van der Waals surface area contributed by atoms with Crippen LogP contribution in [-0.4, -0.2) is 38.3 Å². The highest BCUT2D eigenvalue weighted by Gasteiger charge is 2.32. The van der Waals surface area contributed by atoms with Crippen LogP contribution in [0, 0.1) is 5.92 Å². The van der Waals surface area contributed by atoms with Crippen molar-refractivity contribution in [3.05, 3.63) is 84.3 Å².